The summed E-state index contributed by atoms with van der Waals surface area (Å²) in [6, 6.07) is 8.23. The van der Waals surface area contributed by atoms with Gasteiger partial charge in [-0.25, -0.2) is 0 Å². The first-order valence-corrected chi connectivity index (χ1v) is 9.46. The van der Waals surface area contributed by atoms with Crippen molar-refractivity contribution in [3.8, 4) is 5.75 Å². The number of carbonyl (C=O) groups is 1. The Morgan fingerprint density at radius 1 is 1.32 bits per heavy atom. The molecule has 1 spiro atoms. The number of likely N-dealkylation sites (tertiary alicyclic amines) is 2. The van der Waals surface area contributed by atoms with Gasteiger partial charge in [-0.3, -0.25) is 9.69 Å². The van der Waals surface area contributed by atoms with Gasteiger partial charge in [-0.2, -0.15) is 0 Å². The van der Waals surface area contributed by atoms with E-state index in [2.05, 4.69) is 17.0 Å². The molecular weight excluding hydrogens is 316 g/mol. The lowest BCUT2D eigenvalue weighted by Crippen LogP contribution is -2.64. The van der Waals surface area contributed by atoms with Crippen LogP contribution < -0.4 is 4.74 Å². The van der Waals surface area contributed by atoms with Crippen molar-refractivity contribution in [1.29, 1.82) is 0 Å². The summed E-state index contributed by atoms with van der Waals surface area (Å²) in [4.78, 5) is 16.3. The molecule has 0 aliphatic carbocycles. The van der Waals surface area contributed by atoms with Crippen LogP contribution in [0.2, 0.25) is 0 Å². The molecule has 0 unspecified atom stereocenters. The second-order valence-corrected chi connectivity index (χ2v) is 7.63. The van der Waals surface area contributed by atoms with E-state index < -0.39 is 0 Å². The molecule has 1 aromatic rings. The summed E-state index contributed by atoms with van der Waals surface area (Å²) in [5, 5.41) is 0. The van der Waals surface area contributed by atoms with E-state index in [1.807, 2.05) is 17.0 Å². The SMILES string of the molecule is COc1ccccc1CN1CC2(C1)OCC[C@H]2CCN1CCCC1=O. The Hall–Kier alpha value is -1.59. The van der Waals surface area contributed by atoms with Gasteiger partial charge in [0.05, 0.1) is 12.7 Å². The third-order valence-corrected chi connectivity index (χ3v) is 6.09. The quantitative estimate of drug-likeness (QED) is 0.794. The van der Waals surface area contributed by atoms with Gasteiger partial charge in [0.15, 0.2) is 0 Å². The fourth-order valence-corrected chi connectivity index (χ4v) is 4.69. The minimum atomic E-state index is 0.0186. The van der Waals surface area contributed by atoms with Crippen LogP contribution in [0.4, 0.5) is 0 Å². The van der Waals surface area contributed by atoms with Crippen LogP contribution in [0.1, 0.15) is 31.2 Å². The van der Waals surface area contributed by atoms with Crippen LogP contribution in [-0.2, 0) is 16.1 Å². The average molecular weight is 344 g/mol. The Labute approximate surface area is 149 Å². The highest BCUT2D eigenvalue weighted by molar-refractivity contribution is 5.78. The monoisotopic (exact) mass is 344 g/mol. The number of carbonyl (C=O) groups excluding carboxylic acids is 1. The fraction of sp³-hybridized carbons (Fsp3) is 0.650. The van der Waals surface area contributed by atoms with Crippen LogP contribution in [0, 0.1) is 5.92 Å². The third kappa shape index (κ3) is 3.27. The molecule has 3 heterocycles. The van der Waals surface area contributed by atoms with Gasteiger partial charge in [0, 0.05) is 51.3 Å². The number of methoxy groups -OCH3 is 1. The van der Waals surface area contributed by atoms with E-state index in [9.17, 15) is 4.79 Å². The molecule has 4 rings (SSSR count). The molecule has 25 heavy (non-hydrogen) atoms. The van der Waals surface area contributed by atoms with Crippen LogP contribution in [-0.4, -0.2) is 61.2 Å². The molecule has 136 valence electrons. The molecule has 0 saturated carbocycles. The number of para-hydroxylation sites is 1. The molecule has 0 bridgehead atoms. The molecule has 3 aliphatic rings. The van der Waals surface area contributed by atoms with Crippen LogP contribution in [0.15, 0.2) is 24.3 Å². The molecule has 0 aromatic heterocycles. The van der Waals surface area contributed by atoms with Gasteiger partial charge in [-0.1, -0.05) is 18.2 Å². The Kier molecular flexibility index (Phi) is 4.69. The molecule has 1 atom stereocenters. The predicted molar refractivity (Wildman–Crippen MR) is 95.5 cm³/mol. The summed E-state index contributed by atoms with van der Waals surface area (Å²) >= 11 is 0. The first-order valence-electron chi connectivity index (χ1n) is 9.46. The first kappa shape index (κ1) is 16.9. The average Bonchev–Trinajstić information content (AvgIpc) is 3.19. The standard InChI is InChI=1S/C20H28N2O3/c1-24-18-6-3-2-5-16(18)13-21-14-20(15-21)17(9-12-25-20)8-11-22-10-4-7-19(22)23/h2-3,5-6,17H,4,7-15H2,1H3/t17-/m1/s1. The van der Waals surface area contributed by atoms with Gasteiger partial charge < -0.3 is 14.4 Å². The van der Waals surface area contributed by atoms with E-state index in [0.29, 0.717) is 11.8 Å². The van der Waals surface area contributed by atoms with E-state index in [0.717, 1.165) is 70.8 Å². The van der Waals surface area contributed by atoms with Gasteiger partial charge >= 0.3 is 0 Å². The number of benzene rings is 1. The van der Waals surface area contributed by atoms with Gasteiger partial charge in [-0.15, -0.1) is 0 Å². The molecular formula is C20H28N2O3. The minimum absolute atomic E-state index is 0.0186. The number of ether oxygens (including phenoxy) is 2. The highest BCUT2D eigenvalue weighted by atomic mass is 16.5. The lowest BCUT2D eigenvalue weighted by atomic mass is 9.78. The molecule has 5 nitrogen and oxygen atoms in total. The number of hydrogen-bond donors (Lipinski definition) is 0. The second kappa shape index (κ2) is 6.96. The molecule has 3 saturated heterocycles. The molecule has 1 aromatic carbocycles. The van der Waals surface area contributed by atoms with Crippen LogP contribution in [0.25, 0.3) is 0 Å². The summed E-state index contributed by atoms with van der Waals surface area (Å²) < 4.78 is 11.6. The number of rotatable bonds is 6. The predicted octanol–water partition coefficient (Wildman–Crippen LogP) is 2.30. The van der Waals surface area contributed by atoms with E-state index in [-0.39, 0.29) is 5.60 Å². The Bertz CT molecular complexity index is 627. The zero-order valence-corrected chi connectivity index (χ0v) is 15.1. The maximum absolute atomic E-state index is 11.8. The molecule has 5 heteroatoms. The Morgan fingerprint density at radius 3 is 2.92 bits per heavy atom. The van der Waals surface area contributed by atoms with Crippen molar-refractivity contribution < 1.29 is 14.3 Å². The smallest absolute Gasteiger partial charge is 0.222 e. The number of hydrogen-bond acceptors (Lipinski definition) is 4. The summed E-state index contributed by atoms with van der Waals surface area (Å²) in [6.07, 6.45) is 3.97. The van der Waals surface area contributed by atoms with E-state index in [1.54, 1.807) is 7.11 Å². The molecule has 0 N–H and O–H groups in total. The van der Waals surface area contributed by atoms with Crippen molar-refractivity contribution in [1.82, 2.24) is 9.80 Å². The third-order valence-electron chi connectivity index (χ3n) is 6.09. The lowest BCUT2D eigenvalue weighted by molar-refractivity contribution is -0.139. The van der Waals surface area contributed by atoms with Gasteiger partial charge in [0.2, 0.25) is 5.91 Å². The largest absolute Gasteiger partial charge is 0.496 e. The molecule has 0 radical (unpaired) electrons. The fourth-order valence-electron chi connectivity index (χ4n) is 4.69. The molecule has 1 amide bonds. The van der Waals surface area contributed by atoms with Crippen molar-refractivity contribution in [2.75, 3.05) is 39.9 Å². The first-order chi connectivity index (χ1) is 12.2. The summed E-state index contributed by atoms with van der Waals surface area (Å²) in [6.45, 7) is 5.60. The van der Waals surface area contributed by atoms with Crippen molar-refractivity contribution in [3.05, 3.63) is 29.8 Å². The van der Waals surface area contributed by atoms with Crippen molar-refractivity contribution in [3.63, 3.8) is 0 Å². The number of amides is 1. The Morgan fingerprint density at radius 2 is 2.16 bits per heavy atom. The van der Waals surface area contributed by atoms with Crippen molar-refractivity contribution >= 4 is 5.91 Å². The highest BCUT2D eigenvalue weighted by Gasteiger charge is 2.52. The second-order valence-electron chi connectivity index (χ2n) is 7.63. The van der Waals surface area contributed by atoms with Crippen LogP contribution >= 0.6 is 0 Å². The Balaban J connectivity index is 1.32. The molecule has 3 aliphatic heterocycles. The van der Waals surface area contributed by atoms with Crippen LogP contribution in [0.5, 0.6) is 5.75 Å². The van der Waals surface area contributed by atoms with Crippen molar-refractivity contribution in [2.24, 2.45) is 5.92 Å². The topological polar surface area (TPSA) is 42.0 Å². The lowest BCUT2D eigenvalue weighted by Gasteiger charge is -2.50. The van der Waals surface area contributed by atoms with E-state index in [1.165, 1.54) is 5.56 Å². The number of nitrogens with zero attached hydrogens (tertiary/aromatic N) is 2. The van der Waals surface area contributed by atoms with Crippen molar-refractivity contribution in [2.45, 2.75) is 37.8 Å². The zero-order chi connectivity index (χ0) is 17.3. The molecule has 3 fully saturated rings. The highest BCUT2D eigenvalue weighted by Crippen LogP contribution is 2.42. The zero-order valence-electron chi connectivity index (χ0n) is 15.1. The van der Waals surface area contributed by atoms with Gasteiger partial charge in [0.1, 0.15) is 5.75 Å². The summed E-state index contributed by atoms with van der Waals surface area (Å²) in [5.41, 5.74) is 1.25. The van der Waals surface area contributed by atoms with E-state index in [4.69, 9.17) is 9.47 Å². The maximum atomic E-state index is 11.8. The van der Waals surface area contributed by atoms with Gasteiger partial charge in [-0.05, 0) is 31.2 Å². The van der Waals surface area contributed by atoms with Crippen LogP contribution in [0.3, 0.4) is 0 Å². The minimum Gasteiger partial charge on any atom is -0.496 e. The van der Waals surface area contributed by atoms with E-state index >= 15 is 0 Å². The summed E-state index contributed by atoms with van der Waals surface area (Å²) in [5.74, 6) is 1.87. The van der Waals surface area contributed by atoms with Gasteiger partial charge in [0.25, 0.3) is 0 Å². The maximum Gasteiger partial charge on any atom is 0.222 e. The normalized spacial score (nSPS) is 25.6. The summed E-state index contributed by atoms with van der Waals surface area (Å²) in [7, 11) is 1.73.